The molecule has 5 aliphatic rings. The van der Waals surface area contributed by atoms with E-state index in [1.54, 1.807) is 0 Å². The zero-order valence-corrected chi connectivity index (χ0v) is 24.7. The Hall–Kier alpha value is -2.66. The van der Waals surface area contributed by atoms with Gasteiger partial charge in [0.15, 0.2) is 0 Å². The molecular weight excluding hydrogens is 506 g/mol. The highest BCUT2D eigenvalue weighted by atomic mass is 16.2. The molecule has 5 heteroatoms. The smallest absolute Gasteiger partial charge is 0.242 e. The lowest BCUT2D eigenvalue weighted by molar-refractivity contribution is -0.148. The van der Waals surface area contributed by atoms with E-state index in [4.69, 9.17) is 0 Å². The van der Waals surface area contributed by atoms with Crippen LogP contribution in [0.15, 0.2) is 60.7 Å². The van der Waals surface area contributed by atoms with Gasteiger partial charge in [-0.3, -0.25) is 9.59 Å². The van der Waals surface area contributed by atoms with Gasteiger partial charge in [-0.15, -0.1) is 0 Å². The summed E-state index contributed by atoms with van der Waals surface area (Å²) >= 11 is 0. The quantitative estimate of drug-likeness (QED) is 0.349. The van der Waals surface area contributed by atoms with Crippen LogP contribution in [0.1, 0.15) is 75.3 Å². The number of rotatable bonds is 12. The van der Waals surface area contributed by atoms with Crippen molar-refractivity contribution in [2.75, 3.05) is 26.2 Å². The van der Waals surface area contributed by atoms with Crippen LogP contribution < -0.4 is 10.6 Å². The van der Waals surface area contributed by atoms with Crippen molar-refractivity contribution in [3.05, 3.63) is 71.8 Å². The van der Waals surface area contributed by atoms with Crippen molar-refractivity contribution in [3.8, 4) is 0 Å². The van der Waals surface area contributed by atoms with Crippen LogP contribution in [0.5, 0.6) is 0 Å². The lowest BCUT2D eigenvalue weighted by Crippen LogP contribution is -2.57. The van der Waals surface area contributed by atoms with Crippen molar-refractivity contribution < 1.29 is 9.59 Å². The Morgan fingerprint density at radius 2 is 1.41 bits per heavy atom. The molecule has 5 fully saturated rings. The molecule has 0 spiro atoms. The second kappa shape index (κ2) is 13.1. The summed E-state index contributed by atoms with van der Waals surface area (Å²) in [5, 5.41) is 6.49. The van der Waals surface area contributed by atoms with Crippen LogP contribution in [0.2, 0.25) is 0 Å². The maximum atomic E-state index is 13.9. The summed E-state index contributed by atoms with van der Waals surface area (Å²) in [6.07, 6.45) is 13.1. The van der Waals surface area contributed by atoms with E-state index in [-0.39, 0.29) is 17.2 Å². The molecule has 1 aliphatic heterocycles. The fraction of sp³-hybridized carbons (Fsp3) is 0.611. The second-order valence-electron chi connectivity index (χ2n) is 13.9. The molecule has 0 unspecified atom stereocenters. The number of piperidine rings is 1. The minimum Gasteiger partial charge on any atom is -0.354 e. The minimum atomic E-state index is -0.443. The third-order valence-corrected chi connectivity index (χ3v) is 10.7. The maximum Gasteiger partial charge on any atom is 0.242 e. The molecule has 2 aromatic rings. The van der Waals surface area contributed by atoms with Gasteiger partial charge in [-0.2, -0.15) is 0 Å². The molecule has 220 valence electrons. The van der Waals surface area contributed by atoms with Crippen LogP contribution in [0.3, 0.4) is 0 Å². The Labute approximate surface area is 246 Å². The predicted octanol–water partition coefficient (Wildman–Crippen LogP) is 5.78. The van der Waals surface area contributed by atoms with E-state index in [2.05, 4.69) is 58.0 Å². The second-order valence-corrected chi connectivity index (χ2v) is 13.9. The summed E-state index contributed by atoms with van der Waals surface area (Å²) in [4.78, 5) is 29.9. The van der Waals surface area contributed by atoms with Crippen LogP contribution in [0.4, 0.5) is 0 Å². The Bertz CT molecular complexity index is 1110. The van der Waals surface area contributed by atoms with Crippen LogP contribution in [0.25, 0.3) is 0 Å². The van der Waals surface area contributed by atoms with E-state index in [1.807, 2.05) is 18.2 Å². The molecule has 4 bridgehead atoms. The number of carbonyl (C=O) groups excluding carboxylic acids is 2. The maximum absolute atomic E-state index is 13.9. The van der Waals surface area contributed by atoms with Crippen molar-refractivity contribution in [2.45, 2.75) is 83.1 Å². The minimum absolute atomic E-state index is 0.0134. The van der Waals surface area contributed by atoms with Crippen LogP contribution in [-0.2, 0) is 22.4 Å². The van der Waals surface area contributed by atoms with Gasteiger partial charge in [-0.1, -0.05) is 60.7 Å². The van der Waals surface area contributed by atoms with Gasteiger partial charge in [0.1, 0.15) is 6.04 Å². The first-order chi connectivity index (χ1) is 20.0. The highest BCUT2D eigenvalue weighted by molar-refractivity contribution is 5.90. The van der Waals surface area contributed by atoms with Gasteiger partial charge < -0.3 is 15.5 Å². The molecule has 7 rings (SSSR count). The zero-order valence-electron chi connectivity index (χ0n) is 24.7. The fourth-order valence-corrected chi connectivity index (χ4v) is 8.95. The Balaban J connectivity index is 1.01. The molecule has 41 heavy (non-hydrogen) atoms. The summed E-state index contributed by atoms with van der Waals surface area (Å²) in [7, 11) is 0. The van der Waals surface area contributed by atoms with Gasteiger partial charge in [0.2, 0.25) is 11.8 Å². The monoisotopic (exact) mass is 555 g/mol. The Morgan fingerprint density at radius 3 is 2.02 bits per heavy atom. The summed E-state index contributed by atoms with van der Waals surface area (Å²) < 4.78 is 0. The van der Waals surface area contributed by atoms with Crippen molar-refractivity contribution in [3.63, 3.8) is 0 Å². The van der Waals surface area contributed by atoms with Crippen molar-refractivity contribution >= 4 is 11.8 Å². The molecular formula is C36H49N3O2. The fourth-order valence-electron chi connectivity index (χ4n) is 8.95. The highest BCUT2D eigenvalue weighted by Crippen LogP contribution is 2.60. The molecule has 2 N–H and O–H groups in total. The third-order valence-electron chi connectivity index (χ3n) is 10.7. The number of amides is 2. The van der Waals surface area contributed by atoms with E-state index < -0.39 is 6.04 Å². The normalized spacial score (nSPS) is 28.3. The average Bonchev–Trinajstić information content (AvgIpc) is 2.98. The standard InChI is InChI=1S/C36H49N3O2/c40-34(37-16-13-27-8-3-1-4-9-27)33(38-35(41)36-24-30-21-31(25-36)23-32(22-30)26-36)12-7-17-39-18-14-29(15-19-39)20-28-10-5-2-6-11-28/h1-6,8-11,29-33H,7,12-26H2,(H,37,40)(H,38,41)/t30?,31?,32?,33-,36?/m0/s1. The number of hydrogen-bond acceptors (Lipinski definition) is 3. The number of likely N-dealkylation sites (tertiary alicyclic amines) is 1. The van der Waals surface area contributed by atoms with Gasteiger partial charge in [-0.05, 0) is 131 Å². The number of hydrogen-bond donors (Lipinski definition) is 2. The van der Waals surface area contributed by atoms with E-state index in [0.717, 1.165) is 75.4 Å². The third kappa shape index (κ3) is 7.23. The summed E-state index contributed by atoms with van der Waals surface area (Å²) in [5.74, 6) is 3.07. The topological polar surface area (TPSA) is 61.4 Å². The molecule has 0 radical (unpaired) electrons. The van der Waals surface area contributed by atoms with E-state index in [0.29, 0.717) is 13.0 Å². The van der Waals surface area contributed by atoms with E-state index in [9.17, 15) is 9.59 Å². The van der Waals surface area contributed by atoms with Gasteiger partial charge in [0.05, 0.1) is 0 Å². The van der Waals surface area contributed by atoms with Crippen molar-refractivity contribution in [2.24, 2.45) is 29.1 Å². The summed E-state index contributed by atoms with van der Waals surface area (Å²) in [6, 6.07) is 20.7. The SMILES string of the molecule is O=C(NCCc1ccccc1)[C@H](CCCN1CCC(Cc2ccccc2)CC1)NC(=O)C12CC3CC(CC(C3)C1)C2. The van der Waals surface area contributed by atoms with Crippen LogP contribution >= 0.6 is 0 Å². The molecule has 1 atom stereocenters. The van der Waals surface area contributed by atoms with Gasteiger partial charge in [0.25, 0.3) is 0 Å². The molecule has 2 aromatic carbocycles. The first kappa shape index (κ1) is 28.5. The first-order valence-corrected chi connectivity index (χ1v) is 16.4. The Morgan fingerprint density at radius 1 is 0.829 bits per heavy atom. The van der Waals surface area contributed by atoms with E-state index >= 15 is 0 Å². The molecule has 2 amide bonds. The molecule has 4 saturated carbocycles. The number of nitrogens with one attached hydrogen (secondary N) is 2. The van der Waals surface area contributed by atoms with Crippen LogP contribution in [-0.4, -0.2) is 48.9 Å². The lowest BCUT2D eigenvalue weighted by Gasteiger charge is -2.55. The Kier molecular flexibility index (Phi) is 9.10. The van der Waals surface area contributed by atoms with Gasteiger partial charge >= 0.3 is 0 Å². The molecule has 1 saturated heterocycles. The molecule has 1 heterocycles. The number of nitrogens with zero attached hydrogens (tertiary/aromatic N) is 1. The number of carbonyl (C=O) groups is 2. The summed E-state index contributed by atoms with van der Waals surface area (Å²) in [6.45, 7) is 3.86. The average molecular weight is 556 g/mol. The number of benzene rings is 2. The van der Waals surface area contributed by atoms with Gasteiger partial charge in [0, 0.05) is 12.0 Å². The van der Waals surface area contributed by atoms with Crippen molar-refractivity contribution in [1.29, 1.82) is 0 Å². The highest BCUT2D eigenvalue weighted by Gasteiger charge is 2.54. The molecule has 5 nitrogen and oxygen atoms in total. The lowest BCUT2D eigenvalue weighted by atomic mass is 9.49. The zero-order chi connectivity index (χ0) is 28.1. The van der Waals surface area contributed by atoms with Gasteiger partial charge in [-0.25, -0.2) is 0 Å². The van der Waals surface area contributed by atoms with E-state index in [1.165, 1.54) is 49.7 Å². The van der Waals surface area contributed by atoms with Crippen LogP contribution in [0, 0.1) is 29.1 Å². The largest absolute Gasteiger partial charge is 0.354 e. The predicted molar refractivity (Wildman–Crippen MR) is 164 cm³/mol. The summed E-state index contributed by atoms with van der Waals surface area (Å²) in [5.41, 5.74) is 2.44. The first-order valence-electron chi connectivity index (χ1n) is 16.4. The molecule has 4 aliphatic carbocycles. The van der Waals surface area contributed by atoms with Crippen molar-refractivity contribution in [1.82, 2.24) is 15.5 Å². The molecule has 0 aromatic heterocycles.